The summed E-state index contributed by atoms with van der Waals surface area (Å²) in [5, 5.41) is 9.04. The monoisotopic (exact) mass is 196 g/mol. The molecule has 3 nitrogen and oxygen atoms in total. The van der Waals surface area contributed by atoms with E-state index >= 15 is 0 Å². The summed E-state index contributed by atoms with van der Waals surface area (Å²) in [4.78, 5) is 11.2. The minimum atomic E-state index is -0.398. The van der Waals surface area contributed by atoms with Gasteiger partial charge < -0.3 is 9.84 Å². The zero-order valence-corrected chi connectivity index (χ0v) is 8.62. The minimum Gasteiger partial charge on any atom is -0.424 e. The first-order valence-electron chi connectivity index (χ1n) is 4.94. The molecule has 1 heterocycles. The zero-order chi connectivity index (χ0) is 10.6. The molecule has 0 fully saturated rings. The van der Waals surface area contributed by atoms with Crippen LogP contribution in [0.25, 0.3) is 0 Å². The Hall–Kier alpha value is -1.09. The van der Waals surface area contributed by atoms with E-state index in [1.165, 1.54) is 0 Å². The number of aliphatic hydroxyl groups excluding tert-OH is 1. The quantitative estimate of drug-likeness (QED) is 0.699. The summed E-state index contributed by atoms with van der Waals surface area (Å²) in [7, 11) is 0. The number of carbonyl (C=O) groups is 1. The number of rotatable bonds is 4. The first-order valence-corrected chi connectivity index (χ1v) is 4.94. The number of cyclic esters (lactones) is 1. The number of allylic oxidation sites excluding steroid dienone is 1. The van der Waals surface area contributed by atoms with Gasteiger partial charge in [0.15, 0.2) is 0 Å². The Kier molecular flexibility index (Phi) is 3.89. The van der Waals surface area contributed by atoms with Gasteiger partial charge in [0.05, 0.1) is 6.10 Å². The predicted molar refractivity (Wildman–Crippen MR) is 53.5 cm³/mol. The summed E-state index contributed by atoms with van der Waals surface area (Å²) in [6, 6.07) is 0. The minimum absolute atomic E-state index is 0.247. The lowest BCUT2D eigenvalue weighted by Crippen LogP contribution is -1.99. The highest BCUT2D eigenvalue weighted by atomic mass is 16.5. The van der Waals surface area contributed by atoms with Crippen LogP contribution in [0.4, 0.5) is 0 Å². The van der Waals surface area contributed by atoms with Crippen LogP contribution in [-0.2, 0) is 9.53 Å². The van der Waals surface area contributed by atoms with E-state index in [-0.39, 0.29) is 5.97 Å². The highest BCUT2D eigenvalue weighted by molar-refractivity contribution is 5.92. The lowest BCUT2D eigenvalue weighted by Gasteiger charge is -1.98. The molecule has 0 unspecified atom stereocenters. The van der Waals surface area contributed by atoms with Crippen LogP contribution >= 0.6 is 0 Å². The molecule has 0 aliphatic carbocycles. The van der Waals surface area contributed by atoms with Crippen molar-refractivity contribution in [1.29, 1.82) is 0 Å². The van der Waals surface area contributed by atoms with E-state index in [9.17, 15) is 4.79 Å². The van der Waals surface area contributed by atoms with Crippen molar-refractivity contribution in [2.24, 2.45) is 0 Å². The van der Waals surface area contributed by atoms with Gasteiger partial charge in [-0.15, -0.1) is 0 Å². The van der Waals surface area contributed by atoms with Crippen LogP contribution in [0.5, 0.6) is 0 Å². The fourth-order valence-electron chi connectivity index (χ4n) is 1.26. The van der Waals surface area contributed by atoms with Gasteiger partial charge in [-0.25, -0.2) is 4.79 Å². The molecule has 1 rings (SSSR count). The highest BCUT2D eigenvalue weighted by Crippen LogP contribution is 2.21. The number of hydrogen-bond acceptors (Lipinski definition) is 3. The molecule has 0 bridgehead atoms. The largest absolute Gasteiger partial charge is 0.424 e. The summed E-state index contributed by atoms with van der Waals surface area (Å²) in [6.07, 6.45) is 5.30. The zero-order valence-electron chi connectivity index (χ0n) is 8.62. The van der Waals surface area contributed by atoms with E-state index in [4.69, 9.17) is 9.84 Å². The van der Waals surface area contributed by atoms with E-state index in [1.54, 1.807) is 19.1 Å². The molecule has 1 atom stereocenters. The van der Waals surface area contributed by atoms with Gasteiger partial charge in [0.25, 0.3) is 0 Å². The first kappa shape index (κ1) is 11.0. The van der Waals surface area contributed by atoms with Crippen molar-refractivity contribution in [2.45, 2.75) is 39.2 Å². The molecule has 14 heavy (non-hydrogen) atoms. The first-order chi connectivity index (χ1) is 6.63. The second-order valence-corrected chi connectivity index (χ2v) is 3.50. The normalized spacial score (nSPS) is 20.9. The van der Waals surface area contributed by atoms with Crippen LogP contribution in [-0.4, -0.2) is 17.2 Å². The SMILES string of the molecule is CCCC1=C/C(=C/C[C@H](C)O)OC1=O. The van der Waals surface area contributed by atoms with Gasteiger partial charge in [0.1, 0.15) is 5.76 Å². The third kappa shape index (κ3) is 3.00. The molecule has 3 heteroatoms. The fraction of sp³-hybridized carbons (Fsp3) is 0.545. The maximum Gasteiger partial charge on any atom is 0.339 e. The van der Waals surface area contributed by atoms with Gasteiger partial charge in [-0.1, -0.05) is 13.3 Å². The summed E-state index contributed by atoms with van der Waals surface area (Å²) < 4.78 is 5.00. The van der Waals surface area contributed by atoms with Crippen LogP contribution in [0, 0.1) is 0 Å². The fourth-order valence-corrected chi connectivity index (χ4v) is 1.26. The average Bonchev–Trinajstić information content (AvgIpc) is 2.45. The average molecular weight is 196 g/mol. The van der Waals surface area contributed by atoms with Crippen molar-refractivity contribution < 1.29 is 14.6 Å². The second-order valence-electron chi connectivity index (χ2n) is 3.50. The van der Waals surface area contributed by atoms with Crippen LogP contribution < -0.4 is 0 Å². The predicted octanol–water partition coefficient (Wildman–Crippen LogP) is 1.92. The molecule has 0 amide bonds. The molecular weight excluding hydrogens is 180 g/mol. The van der Waals surface area contributed by atoms with Crippen molar-refractivity contribution in [1.82, 2.24) is 0 Å². The standard InChI is InChI=1S/C11H16O3/c1-3-4-9-7-10(14-11(9)13)6-5-8(2)12/h6-8,12H,3-5H2,1-2H3/b10-6-/t8-/m0/s1. The Morgan fingerprint density at radius 2 is 2.36 bits per heavy atom. The van der Waals surface area contributed by atoms with Crippen molar-refractivity contribution in [3.05, 3.63) is 23.5 Å². The van der Waals surface area contributed by atoms with Gasteiger partial charge in [-0.3, -0.25) is 0 Å². The Morgan fingerprint density at radius 1 is 1.64 bits per heavy atom. The molecule has 78 valence electrons. The molecule has 1 aliphatic rings. The highest BCUT2D eigenvalue weighted by Gasteiger charge is 2.19. The summed E-state index contributed by atoms with van der Waals surface area (Å²) >= 11 is 0. The Labute approximate surface area is 84.1 Å². The van der Waals surface area contributed by atoms with Gasteiger partial charge in [0.2, 0.25) is 0 Å². The van der Waals surface area contributed by atoms with E-state index in [0.717, 1.165) is 18.4 Å². The molecule has 1 N–H and O–H groups in total. The van der Waals surface area contributed by atoms with Crippen LogP contribution in [0.3, 0.4) is 0 Å². The molecular formula is C11H16O3. The maximum atomic E-state index is 11.2. The van der Waals surface area contributed by atoms with Crippen LogP contribution in [0.2, 0.25) is 0 Å². The smallest absolute Gasteiger partial charge is 0.339 e. The second kappa shape index (κ2) is 4.96. The lowest BCUT2D eigenvalue weighted by molar-refractivity contribution is -0.133. The molecule has 0 aromatic rings. The number of hydrogen-bond donors (Lipinski definition) is 1. The van der Waals surface area contributed by atoms with E-state index in [1.807, 2.05) is 6.92 Å². The number of esters is 1. The molecule has 0 radical (unpaired) electrons. The summed E-state index contributed by atoms with van der Waals surface area (Å²) in [6.45, 7) is 3.72. The number of carbonyl (C=O) groups excluding carboxylic acids is 1. The van der Waals surface area contributed by atoms with Crippen molar-refractivity contribution in [3.8, 4) is 0 Å². The molecule has 0 spiro atoms. The van der Waals surface area contributed by atoms with Crippen molar-refractivity contribution in [2.75, 3.05) is 0 Å². The Morgan fingerprint density at radius 3 is 2.93 bits per heavy atom. The van der Waals surface area contributed by atoms with Gasteiger partial charge in [-0.05, 0) is 31.9 Å². The van der Waals surface area contributed by atoms with Crippen molar-refractivity contribution in [3.63, 3.8) is 0 Å². The third-order valence-corrected chi connectivity index (χ3v) is 1.97. The van der Waals surface area contributed by atoms with Crippen molar-refractivity contribution >= 4 is 5.97 Å². The summed E-state index contributed by atoms with van der Waals surface area (Å²) in [5.74, 6) is 0.322. The lowest BCUT2D eigenvalue weighted by atomic mass is 10.1. The molecule has 0 saturated carbocycles. The topological polar surface area (TPSA) is 46.5 Å². The molecule has 0 aromatic carbocycles. The molecule has 1 aliphatic heterocycles. The van der Waals surface area contributed by atoms with E-state index in [2.05, 4.69) is 0 Å². The van der Waals surface area contributed by atoms with Gasteiger partial charge in [0, 0.05) is 5.57 Å². The number of aliphatic hydroxyl groups is 1. The van der Waals surface area contributed by atoms with Gasteiger partial charge in [-0.2, -0.15) is 0 Å². The Balaban J connectivity index is 2.59. The van der Waals surface area contributed by atoms with E-state index in [0.29, 0.717) is 12.2 Å². The van der Waals surface area contributed by atoms with E-state index < -0.39 is 6.10 Å². The Bertz CT molecular complexity index is 274. The third-order valence-electron chi connectivity index (χ3n) is 1.97. The molecule has 0 aromatic heterocycles. The van der Waals surface area contributed by atoms with Crippen LogP contribution in [0.15, 0.2) is 23.5 Å². The van der Waals surface area contributed by atoms with Gasteiger partial charge >= 0.3 is 5.97 Å². The molecule has 0 saturated heterocycles. The number of ether oxygens (including phenoxy) is 1. The maximum absolute atomic E-state index is 11.2. The van der Waals surface area contributed by atoms with Crippen LogP contribution in [0.1, 0.15) is 33.1 Å². The summed E-state index contributed by atoms with van der Waals surface area (Å²) in [5.41, 5.74) is 0.726.